The van der Waals surface area contributed by atoms with Crippen LogP contribution in [0.3, 0.4) is 0 Å². The molecule has 1 heterocycles. The Kier molecular flexibility index (Phi) is 7.63. The Balaban J connectivity index is 0.00000242. The van der Waals surface area contributed by atoms with E-state index < -0.39 is 0 Å². The van der Waals surface area contributed by atoms with E-state index in [-0.39, 0.29) is 23.7 Å². The van der Waals surface area contributed by atoms with Crippen LogP contribution in [-0.2, 0) is 11.2 Å². The molecule has 4 nitrogen and oxygen atoms in total. The van der Waals surface area contributed by atoms with Gasteiger partial charge in [-0.3, -0.25) is 9.69 Å². The normalized spacial score (nSPS) is 21.4. The summed E-state index contributed by atoms with van der Waals surface area (Å²) in [5.74, 6) is 0.0882. The lowest BCUT2D eigenvalue weighted by atomic mass is 9.90. The lowest BCUT2D eigenvalue weighted by Gasteiger charge is -2.22. The number of hydrogen-bond acceptors (Lipinski definition) is 3. The lowest BCUT2D eigenvalue weighted by molar-refractivity contribution is -0.122. The molecule has 1 amide bonds. The van der Waals surface area contributed by atoms with Gasteiger partial charge in [0, 0.05) is 18.1 Å². The highest BCUT2D eigenvalue weighted by molar-refractivity contribution is 6.30. The topological polar surface area (TPSA) is 58.4 Å². The maximum Gasteiger partial charge on any atom is 0.234 e. The number of carbonyl (C=O) groups is 1. The molecule has 3 N–H and O–H groups in total. The van der Waals surface area contributed by atoms with Crippen molar-refractivity contribution in [1.82, 2.24) is 10.2 Å². The molecular weight excluding hydrogens is 321 g/mol. The zero-order valence-electron chi connectivity index (χ0n) is 13.0. The Labute approximate surface area is 143 Å². The van der Waals surface area contributed by atoms with Gasteiger partial charge in [0.05, 0.1) is 6.54 Å². The summed E-state index contributed by atoms with van der Waals surface area (Å²) in [5.41, 5.74) is 7.13. The van der Waals surface area contributed by atoms with Crippen molar-refractivity contribution < 1.29 is 4.79 Å². The number of nitrogens with two attached hydrogens (primary N) is 1. The van der Waals surface area contributed by atoms with Crippen LogP contribution in [0.15, 0.2) is 24.3 Å². The number of rotatable bonds is 6. The van der Waals surface area contributed by atoms with Gasteiger partial charge in [0.25, 0.3) is 0 Å². The van der Waals surface area contributed by atoms with E-state index in [0.29, 0.717) is 19.6 Å². The summed E-state index contributed by atoms with van der Waals surface area (Å²) in [4.78, 5) is 14.1. The molecule has 1 atom stereocenters. The molecule has 22 heavy (non-hydrogen) atoms. The summed E-state index contributed by atoms with van der Waals surface area (Å²) in [5, 5.41) is 3.71. The highest BCUT2D eigenvalue weighted by Crippen LogP contribution is 2.27. The van der Waals surface area contributed by atoms with E-state index in [2.05, 4.69) is 17.1 Å². The number of hydrogen-bond donors (Lipinski definition) is 2. The second-order valence-electron chi connectivity index (χ2n) is 6.20. The first-order chi connectivity index (χ1) is 10.0. The quantitative estimate of drug-likeness (QED) is 0.829. The minimum Gasteiger partial charge on any atom is -0.355 e. The van der Waals surface area contributed by atoms with Gasteiger partial charge < -0.3 is 11.1 Å². The Hall–Kier alpha value is -0.810. The fraction of sp³-hybridized carbons (Fsp3) is 0.562. The van der Waals surface area contributed by atoms with E-state index in [1.165, 1.54) is 5.56 Å². The summed E-state index contributed by atoms with van der Waals surface area (Å²) in [6.07, 6.45) is 1.89. The van der Waals surface area contributed by atoms with Crippen molar-refractivity contribution in [3.8, 4) is 0 Å². The smallest absolute Gasteiger partial charge is 0.234 e. The number of amides is 1. The van der Waals surface area contributed by atoms with E-state index in [4.69, 9.17) is 17.3 Å². The van der Waals surface area contributed by atoms with Gasteiger partial charge in [-0.15, -0.1) is 12.4 Å². The van der Waals surface area contributed by atoms with Crippen molar-refractivity contribution in [3.05, 3.63) is 34.9 Å². The number of carbonyl (C=O) groups excluding carboxylic acids is 1. The van der Waals surface area contributed by atoms with Crippen molar-refractivity contribution in [2.75, 3.05) is 32.7 Å². The molecule has 1 aromatic carbocycles. The van der Waals surface area contributed by atoms with E-state index in [1.807, 2.05) is 24.3 Å². The Morgan fingerprint density at radius 1 is 1.41 bits per heavy atom. The fourth-order valence-electron chi connectivity index (χ4n) is 2.68. The second-order valence-corrected chi connectivity index (χ2v) is 6.64. The van der Waals surface area contributed by atoms with Crippen molar-refractivity contribution >= 4 is 29.9 Å². The molecule has 0 saturated carbocycles. The minimum atomic E-state index is 0. The molecule has 1 saturated heterocycles. The maximum absolute atomic E-state index is 11.9. The average Bonchev–Trinajstić information content (AvgIpc) is 2.83. The van der Waals surface area contributed by atoms with Crippen molar-refractivity contribution in [1.29, 1.82) is 0 Å². The van der Waals surface area contributed by atoms with Crippen LogP contribution in [0.4, 0.5) is 0 Å². The Bertz CT molecular complexity index is 481. The third-order valence-corrected chi connectivity index (χ3v) is 4.40. The molecule has 1 aliphatic rings. The molecule has 1 aliphatic heterocycles. The third kappa shape index (κ3) is 5.76. The van der Waals surface area contributed by atoms with Gasteiger partial charge in [0.2, 0.25) is 5.91 Å². The van der Waals surface area contributed by atoms with Crippen LogP contribution < -0.4 is 11.1 Å². The van der Waals surface area contributed by atoms with Gasteiger partial charge in [-0.2, -0.15) is 0 Å². The van der Waals surface area contributed by atoms with Crippen molar-refractivity contribution in [2.45, 2.75) is 19.8 Å². The monoisotopic (exact) mass is 345 g/mol. The Morgan fingerprint density at radius 2 is 2.09 bits per heavy atom. The van der Waals surface area contributed by atoms with Crippen LogP contribution in [0.1, 0.15) is 18.9 Å². The predicted octanol–water partition coefficient (Wildman–Crippen LogP) is 2.09. The summed E-state index contributed by atoms with van der Waals surface area (Å²) in [6.45, 7) is 5.86. The highest BCUT2D eigenvalue weighted by atomic mass is 35.5. The second kappa shape index (κ2) is 8.73. The molecule has 1 fully saturated rings. The molecule has 6 heteroatoms. The molecular formula is C16H25Cl2N3O. The standard InChI is InChI=1S/C16H24ClN3O.ClH/c1-16(11-18)7-9-20(12-16)10-15(21)19-8-6-13-2-4-14(17)5-3-13;/h2-5H,6-12,18H2,1H3,(H,19,21);1H. The number of benzene rings is 1. The highest BCUT2D eigenvalue weighted by Gasteiger charge is 2.32. The molecule has 0 bridgehead atoms. The van der Waals surface area contributed by atoms with Crippen LogP contribution >= 0.6 is 24.0 Å². The van der Waals surface area contributed by atoms with E-state index in [1.54, 1.807) is 0 Å². The third-order valence-electron chi connectivity index (χ3n) is 4.15. The van der Waals surface area contributed by atoms with Crippen molar-refractivity contribution in [3.63, 3.8) is 0 Å². The molecule has 2 rings (SSSR count). The Morgan fingerprint density at radius 3 is 2.68 bits per heavy atom. The molecule has 0 aliphatic carbocycles. The predicted molar refractivity (Wildman–Crippen MR) is 93.6 cm³/mol. The first-order valence-corrected chi connectivity index (χ1v) is 7.82. The van der Waals surface area contributed by atoms with E-state index >= 15 is 0 Å². The summed E-state index contributed by atoms with van der Waals surface area (Å²) in [7, 11) is 0. The molecule has 0 spiro atoms. The average molecular weight is 346 g/mol. The molecule has 1 aromatic rings. The zero-order valence-corrected chi connectivity index (χ0v) is 14.6. The maximum atomic E-state index is 11.9. The summed E-state index contributed by atoms with van der Waals surface area (Å²) >= 11 is 5.84. The number of halogens is 2. The lowest BCUT2D eigenvalue weighted by Crippen LogP contribution is -2.38. The first kappa shape index (κ1) is 19.2. The molecule has 124 valence electrons. The zero-order chi connectivity index (χ0) is 15.3. The summed E-state index contributed by atoms with van der Waals surface area (Å²) in [6, 6.07) is 7.72. The van der Waals surface area contributed by atoms with Crippen molar-refractivity contribution in [2.24, 2.45) is 11.1 Å². The number of likely N-dealkylation sites (tertiary alicyclic amines) is 1. The van der Waals surface area contributed by atoms with Gasteiger partial charge in [-0.05, 0) is 49.0 Å². The first-order valence-electron chi connectivity index (χ1n) is 7.44. The SMILES string of the molecule is CC1(CN)CCN(CC(=O)NCCc2ccc(Cl)cc2)C1.Cl. The van der Waals surface area contributed by atoms with Crippen LogP contribution in [0.2, 0.25) is 5.02 Å². The molecule has 1 unspecified atom stereocenters. The van der Waals surface area contributed by atoms with Gasteiger partial charge in [0.15, 0.2) is 0 Å². The van der Waals surface area contributed by atoms with Gasteiger partial charge >= 0.3 is 0 Å². The largest absolute Gasteiger partial charge is 0.355 e. The van der Waals surface area contributed by atoms with Gasteiger partial charge in [0.1, 0.15) is 0 Å². The number of nitrogens with one attached hydrogen (secondary N) is 1. The summed E-state index contributed by atoms with van der Waals surface area (Å²) < 4.78 is 0. The van der Waals surface area contributed by atoms with Gasteiger partial charge in [-0.25, -0.2) is 0 Å². The van der Waals surface area contributed by atoms with Crippen LogP contribution in [0, 0.1) is 5.41 Å². The fourth-order valence-corrected chi connectivity index (χ4v) is 2.81. The van der Waals surface area contributed by atoms with Gasteiger partial charge in [-0.1, -0.05) is 30.7 Å². The van der Waals surface area contributed by atoms with E-state index in [0.717, 1.165) is 31.0 Å². The van der Waals surface area contributed by atoms with Crippen LogP contribution in [0.25, 0.3) is 0 Å². The minimum absolute atomic E-state index is 0. The van der Waals surface area contributed by atoms with E-state index in [9.17, 15) is 4.79 Å². The molecule has 0 radical (unpaired) electrons. The van der Waals surface area contributed by atoms with Crippen LogP contribution in [0.5, 0.6) is 0 Å². The molecule has 0 aromatic heterocycles. The number of nitrogens with zero attached hydrogens (tertiary/aromatic N) is 1. The van der Waals surface area contributed by atoms with Crippen LogP contribution in [-0.4, -0.2) is 43.5 Å².